The van der Waals surface area contributed by atoms with Gasteiger partial charge >= 0.3 is 6.09 Å². The highest BCUT2D eigenvalue weighted by Crippen LogP contribution is 2.36. The van der Waals surface area contributed by atoms with Gasteiger partial charge in [0.2, 0.25) is 5.78 Å². The van der Waals surface area contributed by atoms with Crippen LogP contribution in [0.5, 0.6) is 5.75 Å². The third-order valence-corrected chi connectivity index (χ3v) is 3.02. The lowest BCUT2D eigenvalue weighted by molar-refractivity contribution is 0.0615. The number of methoxy groups -OCH3 is 1. The van der Waals surface area contributed by atoms with E-state index in [9.17, 15) is 14.0 Å². The molecule has 0 saturated carbocycles. The molecule has 1 aromatic carbocycles. The number of carbonyl (C=O) groups is 2. The first-order valence-corrected chi connectivity index (χ1v) is 5.60. The van der Waals surface area contributed by atoms with Gasteiger partial charge in [-0.15, -0.1) is 0 Å². The number of ketones is 1. The van der Waals surface area contributed by atoms with Gasteiger partial charge in [-0.25, -0.2) is 9.18 Å². The molecule has 0 fully saturated rings. The van der Waals surface area contributed by atoms with E-state index < -0.39 is 23.8 Å². The summed E-state index contributed by atoms with van der Waals surface area (Å²) in [6.45, 7) is 0. The number of Topliss-reactive ketones (excluding diaryl/α,β-unsaturated/α-hetero) is 1. The maximum absolute atomic E-state index is 13.7. The van der Waals surface area contributed by atoms with Crippen LogP contribution in [-0.4, -0.2) is 25.1 Å². The van der Waals surface area contributed by atoms with Crippen LogP contribution < -0.4 is 16.2 Å². The van der Waals surface area contributed by atoms with E-state index in [0.29, 0.717) is 12.0 Å². The summed E-state index contributed by atoms with van der Waals surface area (Å²) in [4.78, 5) is 22.9. The van der Waals surface area contributed by atoms with Gasteiger partial charge in [-0.1, -0.05) is 0 Å². The fourth-order valence-corrected chi connectivity index (χ4v) is 2.28. The number of amides is 1. The Bertz CT molecular complexity index is 559. The Kier molecular flexibility index (Phi) is 3.28. The maximum Gasteiger partial charge on any atom is 0.405 e. The molecule has 0 aliphatic heterocycles. The molecule has 19 heavy (non-hydrogen) atoms. The number of ether oxygens (including phenoxy) is 2. The van der Waals surface area contributed by atoms with Crippen molar-refractivity contribution in [3.63, 3.8) is 0 Å². The van der Waals surface area contributed by atoms with Gasteiger partial charge in [-0.3, -0.25) is 4.79 Å². The van der Waals surface area contributed by atoms with Crippen LogP contribution in [0.1, 0.15) is 22.3 Å². The zero-order chi connectivity index (χ0) is 14.2. The predicted molar refractivity (Wildman–Crippen MR) is 64.5 cm³/mol. The van der Waals surface area contributed by atoms with Crippen LogP contribution in [0.3, 0.4) is 0 Å². The Morgan fingerprint density at radius 2 is 2.21 bits per heavy atom. The summed E-state index contributed by atoms with van der Waals surface area (Å²) in [7, 11) is 1.31. The first kappa shape index (κ1) is 13.1. The molecule has 1 aromatic rings. The number of fused-ring (bicyclic) bond motifs is 1. The number of primary amides is 1. The summed E-state index contributed by atoms with van der Waals surface area (Å²) in [5.41, 5.74) is 11.1. The molecule has 4 N–H and O–H groups in total. The smallest absolute Gasteiger partial charge is 0.405 e. The second kappa shape index (κ2) is 4.75. The minimum atomic E-state index is -1.03. The number of hydrogen-bond donors (Lipinski definition) is 2. The molecule has 1 aliphatic carbocycles. The molecule has 102 valence electrons. The number of halogens is 1. The Labute approximate surface area is 108 Å². The maximum atomic E-state index is 13.7. The SMILES string of the molecule is COc1c(F)cc(N)c2c1CCC(OC(N)=O)C2=O. The van der Waals surface area contributed by atoms with Crippen LogP contribution in [0, 0.1) is 5.82 Å². The van der Waals surface area contributed by atoms with E-state index in [1.165, 1.54) is 7.11 Å². The number of anilines is 1. The molecule has 0 aromatic heterocycles. The summed E-state index contributed by atoms with van der Waals surface area (Å²) in [6, 6.07) is 1.02. The number of nitrogens with two attached hydrogens (primary N) is 2. The van der Waals surface area contributed by atoms with Crippen molar-refractivity contribution in [2.45, 2.75) is 18.9 Å². The van der Waals surface area contributed by atoms with E-state index in [0.717, 1.165) is 6.07 Å². The number of hydrogen-bond acceptors (Lipinski definition) is 5. The van der Waals surface area contributed by atoms with Crippen molar-refractivity contribution in [1.29, 1.82) is 0 Å². The zero-order valence-electron chi connectivity index (χ0n) is 10.2. The number of rotatable bonds is 2. The highest BCUT2D eigenvalue weighted by molar-refractivity contribution is 6.07. The summed E-state index contributed by atoms with van der Waals surface area (Å²) in [5.74, 6) is -1.12. The van der Waals surface area contributed by atoms with Crippen LogP contribution in [0.25, 0.3) is 0 Å². The highest BCUT2D eigenvalue weighted by atomic mass is 19.1. The second-order valence-electron chi connectivity index (χ2n) is 4.16. The van der Waals surface area contributed by atoms with Crippen LogP contribution in [0.15, 0.2) is 6.07 Å². The van der Waals surface area contributed by atoms with Crippen LogP contribution in [0.2, 0.25) is 0 Å². The molecule has 0 saturated heterocycles. The van der Waals surface area contributed by atoms with E-state index in [-0.39, 0.29) is 23.4 Å². The monoisotopic (exact) mass is 268 g/mol. The highest BCUT2D eigenvalue weighted by Gasteiger charge is 2.34. The lowest BCUT2D eigenvalue weighted by Crippen LogP contribution is -2.35. The van der Waals surface area contributed by atoms with E-state index in [4.69, 9.17) is 20.9 Å². The first-order valence-electron chi connectivity index (χ1n) is 5.60. The number of nitrogen functional groups attached to an aromatic ring is 1. The second-order valence-corrected chi connectivity index (χ2v) is 4.16. The topological polar surface area (TPSA) is 105 Å². The molecule has 1 unspecified atom stereocenters. The Morgan fingerprint density at radius 1 is 1.53 bits per heavy atom. The van der Waals surface area contributed by atoms with Gasteiger partial charge in [0.1, 0.15) is 0 Å². The molecule has 7 heteroatoms. The first-order chi connectivity index (χ1) is 8.95. The molecule has 0 heterocycles. The number of benzene rings is 1. The minimum Gasteiger partial charge on any atom is -0.493 e. The van der Waals surface area contributed by atoms with E-state index in [1.54, 1.807) is 0 Å². The van der Waals surface area contributed by atoms with E-state index >= 15 is 0 Å². The van der Waals surface area contributed by atoms with Crippen molar-refractivity contribution < 1.29 is 23.5 Å². The average molecular weight is 268 g/mol. The third kappa shape index (κ3) is 2.18. The summed E-state index contributed by atoms with van der Waals surface area (Å²) >= 11 is 0. The lowest BCUT2D eigenvalue weighted by atomic mass is 9.86. The van der Waals surface area contributed by atoms with Crippen LogP contribution in [-0.2, 0) is 11.2 Å². The zero-order valence-corrected chi connectivity index (χ0v) is 10.2. The molecule has 0 bridgehead atoms. The quantitative estimate of drug-likeness (QED) is 0.779. The predicted octanol–water partition coefficient (Wildman–Crippen LogP) is 1.01. The van der Waals surface area contributed by atoms with Crippen molar-refractivity contribution in [2.75, 3.05) is 12.8 Å². The largest absolute Gasteiger partial charge is 0.493 e. The molecular formula is C12H13FN2O4. The van der Waals surface area contributed by atoms with Gasteiger partial charge in [-0.2, -0.15) is 0 Å². The fraction of sp³-hybridized carbons (Fsp3) is 0.333. The average Bonchev–Trinajstić information content (AvgIpc) is 2.32. The Balaban J connectivity index is 2.49. The third-order valence-electron chi connectivity index (χ3n) is 3.02. The molecular weight excluding hydrogens is 255 g/mol. The van der Waals surface area contributed by atoms with Crippen LogP contribution >= 0.6 is 0 Å². The van der Waals surface area contributed by atoms with Crippen molar-refractivity contribution in [2.24, 2.45) is 5.73 Å². The molecule has 1 atom stereocenters. The van der Waals surface area contributed by atoms with Crippen molar-refractivity contribution in [3.05, 3.63) is 23.0 Å². The van der Waals surface area contributed by atoms with Gasteiger partial charge < -0.3 is 20.9 Å². The molecule has 1 amide bonds. The fourth-order valence-electron chi connectivity index (χ4n) is 2.28. The lowest BCUT2D eigenvalue weighted by Gasteiger charge is -2.25. The van der Waals surface area contributed by atoms with Gasteiger partial charge in [0.25, 0.3) is 0 Å². The summed E-state index contributed by atoms with van der Waals surface area (Å²) in [6.07, 6.45) is -1.49. The normalized spacial score (nSPS) is 17.8. The van der Waals surface area contributed by atoms with Crippen molar-refractivity contribution in [3.8, 4) is 5.75 Å². The summed E-state index contributed by atoms with van der Waals surface area (Å²) in [5, 5.41) is 0. The molecule has 1 aliphatic rings. The standard InChI is InChI=1S/C12H13FN2O4/c1-18-11-5-2-3-8(19-12(15)17)10(16)9(5)7(14)4-6(11)13/h4,8H,2-3,14H2,1H3,(H2,15,17). The van der Waals surface area contributed by atoms with Gasteiger partial charge in [0.05, 0.1) is 12.7 Å². The molecule has 6 nitrogen and oxygen atoms in total. The molecule has 0 radical (unpaired) electrons. The van der Waals surface area contributed by atoms with Crippen LogP contribution in [0.4, 0.5) is 14.9 Å². The van der Waals surface area contributed by atoms with Gasteiger partial charge in [0, 0.05) is 17.3 Å². The molecule has 2 rings (SSSR count). The Hall–Kier alpha value is -2.31. The number of carbonyl (C=O) groups excluding carboxylic acids is 2. The van der Waals surface area contributed by atoms with E-state index in [1.807, 2.05) is 0 Å². The van der Waals surface area contributed by atoms with E-state index in [2.05, 4.69) is 0 Å². The Morgan fingerprint density at radius 3 is 2.79 bits per heavy atom. The van der Waals surface area contributed by atoms with Crippen molar-refractivity contribution in [1.82, 2.24) is 0 Å². The van der Waals surface area contributed by atoms with Crippen molar-refractivity contribution >= 4 is 17.6 Å². The van der Waals surface area contributed by atoms with Gasteiger partial charge in [0.15, 0.2) is 17.7 Å². The summed E-state index contributed by atoms with van der Waals surface area (Å²) < 4.78 is 23.3. The minimum absolute atomic E-state index is 0.00364. The molecule has 0 spiro atoms. The van der Waals surface area contributed by atoms with Gasteiger partial charge in [-0.05, 0) is 12.8 Å².